The molecular formula is C17H24BrNO2. The molecule has 116 valence electrons. The predicted molar refractivity (Wildman–Crippen MR) is 87.3 cm³/mol. The molecular weight excluding hydrogens is 330 g/mol. The van der Waals surface area contributed by atoms with Gasteiger partial charge in [0.1, 0.15) is 0 Å². The lowest BCUT2D eigenvalue weighted by Crippen LogP contribution is -2.52. The van der Waals surface area contributed by atoms with E-state index in [1.165, 1.54) is 25.7 Å². The fraction of sp³-hybridized carbons (Fsp3) is 0.647. The first-order valence-corrected chi connectivity index (χ1v) is 8.82. The topological polar surface area (TPSA) is 32.7 Å². The maximum atomic E-state index is 10.4. The molecule has 1 aromatic carbocycles. The van der Waals surface area contributed by atoms with Gasteiger partial charge in [0.25, 0.3) is 0 Å². The van der Waals surface area contributed by atoms with Crippen molar-refractivity contribution in [2.24, 2.45) is 0 Å². The second-order valence-electron chi connectivity index (χ2n) is 6.16. The molecule has 4 heteroatoms. The van der Waals surface area contributed by atoms with Gasteiger partial charge in [-0.3, -0.25) is 4.90 Å². The lowest BCUT2D eigenvalue weighted by molar-refractivity contribution is -0.0904. The summed E-state index contributed by atoms with van der Waals surface area (Å²) in [4.78, 5) is 2.54. The molecule has 1 aliphatic heterocycles. The number of benzene rings is 1. The van der Waals surface area contributed by atoms with Gasteiger partial charge >= 0.3 is 0 Å². The molecule has 1 aliphatic carbocycles. The van der Waals surface area contributed by atoms with Crippen LogP contribution < -0.4 is 0 Å². The van der Waals surface area contributed by atoms with Crippen LogP contribution in [0.15, 0.2) is 28.7 Å². The maximum Gasteiger partial charge on any atom is 0.0802 e. The Bertz CT molecular complexity index is 466. The largest absolute Gasteiger partial charge is 0.388 e. The zero-order valence-electron chi connectivity index (χ0n) is 12.4. The average Bonchev–Trinajstić information content (AvgIpc) is 2.52. The highest BCUT2D eigenvalue weighted by Gasteiger charge is 2.33. The van der Waals surface area contributed by atoms with Gasteiger partial charge in [0.05, 0.1) is 18.8 Å². The highest BCUT2D eigenvalue weighted by atomic mass is 79.9. The van der Waals surface area contributed by atoms with E-state index in [1.54, 1.807) is 0 Å². The molecule has 0 bridgehead atoms. The van der Waals surface area contributed by atoms with Crippen molar-refractivity contribution < 1.29 is 9.84 Å². The summed E-state index contributed by atoms with van der Waals surface area (Å²) in [6.07, 6.45) is 5.90. The second-order valence-corrected chi connectivity index (χ2v) is 7.07. The van der Waals surface area contributed by atoms with Crippen LogP contribution in [-0.2, 0) is 4.74 Å². The van der Waals surface area contributed by atoms with Crippen LogP contribution in [0.1, 0.15) is 43.8 Å². The van der Waals surface area contributed by atoms with Crippen molar-refractivity contribution in [2.75, 3.05) is 19.7 Å². The van der Waals surface area contributed by atoms with Crippen LogP contribution in [0.3, 0.4) is 0 Å². The van der Waals surface area contributed by atoms with Gasteiger partial charge in [0.15, 0.2) is 0 Å². The number of rotatable bonds is 4. The number of ether oxygens (including phenoxy) is 1. The Morgan fingerprint density at radius 1 is 1.33 bits per heavy atom. The quantitative estimate of drug-likeness (QED) is 0.898. The Labute approximate surface area is 135 Å². The van der Waals surface area contributed by atoms with Crippen LogP contribution in [-0.4, -0.2) is 41.8 Å². The Morgan fingerprint density at radius 2 is 2.19 bits per heavy atom. The molecule has 0 spiro atoms. The minimum atomic E-state index is -0.382. The third kappa shape index (κ3) is 3.86. The highest BCUT2D eigenvalue weighted by Crippen LogP contribution is 2.29. The maximum absolute atomic E-state index is 10.4. The summed E-state index contributed by atoms with van der Waals surface area (Å²) in [6, 6.07) is 8.55. The number of halogens is 1. The van der Waals surface area contributed by atoms with E-state index in [4.69, 9.17) is 4.74 Å². The molecule has 0 radical (unpaired) electrons. The van der Waals surface area contributed by atoms with E-state index in [0.29, 0.717) is 12.1 Å². The normalized spacial score (nSPS) is 28.1. The van der Waals surface area contributed by atoms with Crippen molar-refractivity contribution in [1.82, 2.24) is 4.90 Å². The molecule has 0 amide bonds. The van der Waals surface area contributed by atoms with E-state index in [2.05, 4.69) is 20.8 Å². The third-order valence-corrected chi connectivity index (χ3v) is 5.26. The first-order valence-electron chi connectivity index (χ1n) is 8.03. The minimum absolute atomic E-state index is 0.382. The molecule has 2 aliphatic rings. The van der Waals surface area contributed by atoms with Crippen molar-refractivity contribution >= 4 is 15.9 Å². The lowest BCUT2D eigenvalue weighted by atomic mass is 9.90. The fourth-order valence-electron chi connectivity index (χ4n) is 3.62. The SMILES string of the molecule is OC(CCN1CCOC2CCCCC21)c1cccc(Br)c1. The first kappa shape index (κ1) is 15.5. The molecule has 0 aromatic heterocycles. The molecule has 2 fully saturated rings. The molecule has 1 heterocycles. The van der Waals surface area contributed by atoms with Gasteiger partial charge in [0.2, 0.25) is 0 Å². The summed E-state index contributed by atoms with van der Waals surface area (Å²) < 4.78 is 6.93. The van der Waals surface area contributed by atoms with Crippen molar-refractivity contribution in [3.8, 4) is 0 Å². The minimum Gasteiger partial charge on any atom is -0.388 e. The Morgan fingerprint density at radius 3 is 3.05 bits per heavy atom. The summed E-state index contributed by atoms with van der Waals surface area (Å²) in [5.41, 5.74) is 0.998. The molecule has 3 nitrogen and oxygen atoms in total. The van der Waals surface area contributed by atoms with E-state index >= 15 is 0 Å². The van der Waals surface area contributed by atoms with Crippen molar-refractivity contribution in [3.05, 3.63) is 34.3 Å². The summed E-state index contributed by atoms with van der Waals surface area (Å²) in [5, 5.41) is 10.4. The Kier molecular flexibility index (Phi) is 5.33. The van der Waals surface area contributed by atoms with E-state index in [-0.39, 0.29) is 6.10 Å². The smallest absolute Gasteiger partial charge is 0.0802 e. The molecule has 3 unspecified atom stereocenters. The van der Waals surface area contributed by atoms with Gasteiger partial charge in [0, 0.05) is 23.6 Å². The fourth-order valence-corrected chi connectivity index (χ4v) is 4.04. The zero-order chi connectivity index (χ0) is 14.7. The van der Waals surface area contributed by atoms with Crippen LogP contribution in [0, 0.1) is 0 Å². The molecule has 1 aromatic rings. The van der Waals surface area contributed by atoms with Gasteiger partial charge in [-0.25, -0.2) is 0 Å². The number of hydrogen-bond acceptors (Lipinski definition) is 3. The van der Waals surface area contributed by atoms with Crippen LogP contribution in [0.2, 0.25) is 0 Å². The van der Waals surface area contributed by atoms with E-state index in [0.717, 1.165) is 36.2 Å². The van der Waals surface area contributed by atoms with Gasteiger partial charge in [-0.2, -0.15) is 0 Å². The van der Waals surface area contributed by atoms with Crippen LogP contribution in [0.25, 0.3) is 0 Å². The third-order valence-electron chi connectivity index (χ3n) is 4.77. The lowest BCUT2D eigenvalue weighted by Gasteiger charge is -2.44. The standard InChI is InChI=1S/C17H24BrNO2/c18-14-5-3-4-13(12-14)16(20)8-9-19-10-11-21-17-7-2-1-6-15(17)19/h3-5,12,15-17,20H,1-2,6-11H2. The molecule has 3 rings (SSSR count). The monoisotopic (exact) mass is 353 g/mol. The van der Waals surface area contributed by atoms with Gasteiger partial charge in [-0.1, -0.05) is 40.9 Å². The van der Waals surface area contributed by atoms with Crippen molar-refractivity contribution in [2.45, 2.75) is 50.4 Å². The van der Waals surface area contributed by atoms with Gasteiger partial charge < -0.3 is 9.84 Å². The number of fused-ring (bicyclic) bond motifs is 1. The first-order chi connectivity index (χ1) is 10.2. The van der Waals surface area contributed by atoms with Crippen molar-refractivity contribution in [1.29, 1.82) is 0 Å². The molecule has 3 atom stereocenters. The van der Waals surface area contributed by atoms with Crippen LogP contribution in [0.5, 0.6) is 0 Å². The second kappa shape index (κ2) is 7.23. The molecule has 21 heavy (non-hydrogen) atoms. The van der Waals surface area contributed by atoms with E-state index < -0.39 is 0 Å². The van der Waals surface area contributed by atoms with E-state index in [9.17, 15) is 5.11 Å². The molecule has 1 saturated heterocycles. The zero-order valence-corrected chi connectivity index (χ0v) is 14.0. The number of hydrogen-bond donors (Lipinski definition) is 1. The predicted octanol–water partition coefficient (Wildman–Crippen LogP) is 3.52. The Balaban J connectivity index is 1.56. The summed E-state index contributed by atoms with van der Waals surface area (Å²) in [7, 11) is 0. The number of nitrogens with zero attached hydrogens (tertiary/aromatic N) is 1. The average molecular weight is 354 g/mol. The highest BCUT2D eigenvalue weighted by molar-refractivity contribution is 9.10. The van der Waals surface area contributed by atoms with Crippen LogP contribution >= 0.6 is 15.9 Å². The number of aliphatic hydroxyl groups is 1. The summed E-state index contributed by atoms with van der Waals surface area (Å²) in [5.74, 6) is 0. The Hall–Kier alpha value is -0.420. The van der Waals surface area contributed by atoms with Crippen LogP contribution in [0.4, 0.5) is 0 Å². The summed E-state index contributed by atoms with van der Waals surface area (Å²) >= 11 is 3.47. The number of morpholine rings is 1. The van der Waals surface area contributed by atoms with Gasteiger partial charge in [-0.15, -0.1) is 0 Å². The van der Waals surface area contributed by atoms with Gasteiger partial charge in [-0.05, 0) is 37.0 Å². The van der Waals surface area contributed by atoms with E-state index in [1.807, 2.05) is 24.3 Å². The number of aliphatic hydroxyl groups excluding tert-OH is 1. The van der Waals surface area contributed by atoms with Crippen molar-refractivity contribution in [3.63, 3.8) is 0 Å². The molecule has 1 N–H and O–H groups in total. The molecule has 1 saturated carbocycles. The summed E-state index contributed by atoms with van der Waals surface area (Å²) in [6.45, 7) is 2.80.